The van der Waals surface area contributed by atoms with Crippen molar-refractivity contribution < 1.29 is 14.3 Å². The van der Waals surface area contributed by atoms with Gasteiger partial charge < -0.3 is 15.8 Å². The van der Waals surface area contributed by atoms with Gasteiger partial charge in [0.2, 0.25) is 0 Å². The van der Waals surface area contributed by atoms with Gasteiger partial charge in [-0.2, -0.15) is 0 Å². The van der Waals surface area contributed by atoms with Crippen LogP contribution in [0.2, 0.25) is 0 Å². The van der Waals surface area contributed by atoms with Gasteiger partial charge in [0.1, 0.15) is 10.8 Å². The lowest BCUT2D eigenvalue weighted by molar-refractivity contribution is 0.100. The zero-order valence-electron chi connectivity index (χ0n) is 16.7. The van der Waals surface area contributed by atoms with Gasteiger partial charge in [-0.15, -0.1) is 11.3 Å². The Labute approximate surface area is 184 Å². The molecule has 0 fully saturated rings. The fraction of sp³-hybridized carbons (Fsp3) is 0.455. The molecule has 7 heteroatoms. The molecule has 0 saturated heterocycles. The molecule has 0 atom stereocenters. The third-order valence-electron chi connectivity index (χ3n) is 5.09. The number of benzene rings is 1. The molecule has 3 rings (SSSR count). The lowest BCUT2D eigenvalue weighted by Crippen LogP contribution is -2.18. The number of amides is 2. The predicted molar refractivity (Wildman–Crippen MR) is 121 cm³/mol. The van der Waals surface area contributed by atoms with E-state index in [2.05, 4.69) is 28.2 Å². The number of hydrogen-bond donors (Lipinski definition) is 2. The fourth-order valence-electron chi connectivity index (χ4n) is 3.56. The number of rotatable bonds is 9. The minimum atomic E-state index is -0.479. The van der Waals surface area contributed by atoms with Crippen LogP contribution < -0.4 is 15.8 Å². The number of nitrogens with one attached hydrogen (secondary N) is 1. The highest BCUT2D eigenvalue weighted by Crippen LogP contribution is 2.38. The molecule has 156 valence electrons. The molecule has 0 radical (unpaired) electrons. The smallest absolute Gasteiger partial charge is 0.256 e. The molecule has 1 aliphatic carbocycles. The first-order valence-electron chi connectivity index (χ1n) is 10.2. The van der Waals surface area contributed by atoms with Gasteiger partial charge in [0.15, 0.2) is 0 Å². The standard InChI is InChI=1S/C22H27BrN2O3S/c1-2-3-4-7-12-28-17-11-10-14(13-16(17)23)21(27)25-22-19(20(24)26)15-8-5-6-9-18(15)29-22/h10-11,13H,2-9,12H2,1H3,(H2,24,26)(H,25,27). The summed E-state index contributed by atoms with van der Waals surface area (Å²) >= 11 is 4.96. The van der Waals surface area contributed by atoms with E-state index < -0.39 is 5.91 Å². The van der Waals surface area contributed by atoms with Crippen LogP contribution in [0, 0.1) is 0 Å². The van der Waals surface area contributed by atoms with E-state index in [-0.39, 0.29) is 5.91 Å². The summed E-state index contributed by atoms with van der Waals surface area (Å²) in [4.78, 5) is 25.9. The number of hydrogen-bond acceptors (Lipinski definition) is 4. The number of aryl methyl sites for hydroxylation is 1. The highest BCUT2D eigenvalue weighted by atomic mass is 79.9. The van der Waals surface area contributed by atoms with Crippen molar-refractivity contribution in [3.8, 4) is 5.75 Å². The van der Waals surface area contributed by atoms with Gasteiger partial charge >= 0.3 is 0 Å². The molecule has 0 spiro atoms. The number of carbonyl (C=O) groups excluding carboxylic acids is 2. The van der Waals surface area contributed by atoms with Gasteiger partial charge in [-0.3, -0.25) is 9.59 Å². The monoisotopic (exact) mass is 478 g/mol. The second kappa shape index (κ2) is 10.3. The van der Waals surface area contributed by atoms with Gasteiger partial charge in [0.05, 0.1) is 16.6 Å². The third-order valence-corrected chi connectivity index (χ3v) is 6.92. The normalized spacial score (nSPS) is 13.0. The molecule has 0 unspecified atom stereocenters. The maximum Gasteiger partial charge on any atom is 0.256 e. The second-order valence-corrected chi connectivity index (χ2v) is 9.25. The molecule has 0 aliphatic heterocycles. The van der Waals surface area contributed by atoms with Crippen molar-refractivity contribution >= 4 is 44.1 Å². The molecule has 2 amide bonds. The number of unbranched alkanes of at least 4 members (excludes halogenated alkanes) is 3. The Morgan fingerprint density at radius 1 is 1.21 bits per heavy atom. The van der Waals surface area contributed by atoms with Gasteiger partial charge in [-0.25, -0.2) is 0 Å². The Balaban J connectivity index is 1.69. The Hall–Kier alpha value is -1.86. The van der Waals surface area contributed by atoms with E-state index in [0.29, 0.717) is 22.7 Å². The van der Waals surface area contributed by atoms with Gasteiger partial charge in [-0.05, 0) is 71.8 Å². The molecule has 2 aromatic rings. The molecule has 5 nitrogen and oxygen atoms in total. The van der Waals surface area contributed by atoms with Crippen LogP contribution in [-0.2, 0) is 12.8 Å². The van der Waals surface area contributed by atoms with E-state index in [1.807, 2.05) is 0 Å². The number of thiophene rings is 1. The van der Waals surface area contributed by atoms with Gasteiger partial charge in [0.25, 0.3) is 11.8 Å². The topological polar surface area (TPSA) is 81.4 Å². The van der Waals surface area contributed by atoms with Crippen LogP contribution in [0.1, 0.15) is 76.6 Å². The number of ether oxygens (including phenoxy) is 1. The summed E-state index contributed by atoms with van der Waals surface area (Å²) in [7, 11) is 0. The molecule has 3 N–H and O–H groups in total. The number of halogens is 1. The maximum absolute atomic E-state index is 12.8. The molecule has 0 bridgehead atoms. The molecule has 1 aromatic heterocycles. The van der Waals surface area contributed by atoms with Crippen molar-refractivity contribution in [2.24, 2.45) is 5.73 Å². The summed E-state index contributed by atoms with van der Waals surface area (Å²) < 4.78 is 6.54. The third kappa shape index (κ3) is 5.39. The van der Waals surface area contributed by atoms with Crippen LogP contribution in [0.4, 0.5) is 5.00 Å². The lowest BCUT2D eigenvalue weighted by Gasteiger charge is -2.11. The minimum Gasteiger partial charge on any atom is -0.492 e. The quantitative estimate of drug-likeness (QED) is 0.453. The number of carbonyl (C=O) groups is 2. The Morgan fingerprint density at radius 3 is 2.72 bits per heavy atom. The van der Waals surface area contributed by atoms with Crippen LogP contribution in [0.5, 0.6) is 5.75 Å². The van der Waals surface area contributed by atoms with Crippen LogP contribution in [0.15, 0.2) is 22.7 Å². The van der Waals surface area contributed by atoms with Crippen molar-refractivity contribution in [1.29, 1.82) is 0 Å². The van der Waals surface area contributed by atoms with Crippen LogP contribution in [0.25, 0.3) is 0 Å². The van der Waals surface area contributed by atoms with E-state index in [1.165, 1.54) is 24.2 Å². The van der Waals surface area contributed by atoms with Crippen molar-refractivity contribution in [3.63, 3.8) is 0 Å². The molecule has 29 heavy (non-hydrogen) atoms. The van der Waals surface area contributed by atoms with Crippen LogP contribution in [0.3, 0.4) is 0 Å². The van der Waals surface area contributed by atoms with E-state index in [0.717, 1.165) is 59.2 Å². The largest absolute Gasteiger partial charge is 0.492 e. The lowest BCUT2D eigenvalue weighted by atomic mass is 9.95. The zero-order chi connectivity index (χ0) is 20.8. The van der Waals surface area contributed by atoms with Crippen LogP contribution in [-0.4, -0.2) is 18.4 Å². The molecule has 1 aromatic carbocycles. The van der Waals surface area contributed by atoms with E-state index >= 15 is 0 Å². The summed E-state index contributed by atoms with van der Waals surface area (Å²) in [5.41, 5.74) is 7.60. The SMILES string of the molecule is CCCCCCOc1ccc(C(=O)Nc2sc3c(c2C(N)=O)CCCC3)cc1Br. The van der Waals surface area contributed by atoms with Crippen molar-refractivity contribution in [1.82, 2.24) is 0 Å². The Bertz CT molecular complexity index is 894. The molecule has 1 heterocycles. The maximum atomic E-state index is 12.8. The first-order chi connectivity index (χ1) is 14.0. The second-order valence-electron chi connectivity index (χ2n) is 7.29. The summed E-state index contributed by atoms with van der Waals surface area (Å²) in [6.07, 6.45) is 8.50. The van der Waals surface area contributed by atoms with Gasteiger partial charge in [0, 0.05) is 10.4 Å². The van der Waals surface area contributed by atoms with Crippen molar-refractivity contribution in [3.05, 3.63) is 44.2 Å². The number of primary amides is 1. The van der Waals surface area contributed by atoms with Crippen molar-refractivity contribution in [2.45, 2.75) is 58.3 Å². The van der Waals surface area contributed by atoms with E-state index in [1.54, 1.807) is 18.2 Å². The zero-order valence-corrected chi connectivity index (χ0v) is 19.1. The van der Waals surface area contributed by atoms with Crippen molar-refractivity contribution in [2.75, 3.05) is 11.9 Å². The molecule has 0 saturated carbocycles. The van der Waals surface area contributed by atoms with Gasteiger partial charge in [-0.1, -0.05) is 26.2 Å². The fourth-order valence-corrected chi connectivity index (χ4v) is 5.34. The summed E-state index contributed by atoms with van der Waals surface area (Å²) in [5.74, 6) is -0.0172. The molecular formula is C22H27BrN2O3S. The average Bonchev–Trinajstić information content (AvgIpc) is 3.06. The predicted octanol–water partition coefficient (Wildman–Crippen LogP) is 5.70. The average molecular weight is 479 g/mol. The number of anilines is 1. The Kier molecular flexibility index (Phi) is 7.72. The minimum absolute atomic E-state index is 0.263. The number of fused-ring (bicyclic) bond motifs is 1. The highest BCUT2D eigenvalue weighted by Gasteiger charge is 2.25. The Morgan fingerprint density at radius 2 is 2.00 bits per heavy atom. The first-order valence-corrected chi connectivity index (χ1v) is 11.8. The number of nitrogens with two attached hydrogens (primary N) is 1. The molecular weight excluding hydrogens is 452 g/mol. The summed E-state index contributed by atoms with van der Waals surface area (Å²) in [5, 5.41) is 3.45. The summed E-state index contributed by atoms with van der Waals surface area (Å²) in [6.45, 7) is 2.84. The first kappa shape index (κ1) is 21.8. The van der Waals surface area contributed by atoms with E-state index in [9.17, 15) is 9.59 Å². The van der Waals surface area contributed by atoms with E-state index in [4.69, 9.17) is 10.5 Å². The highest BCUT2D eigenvalue weighted by molar-refractivity contribution is 9.10. The van der Waals surface area contributed by atoms with Crippen LogP contribution >= 0.6 is 27.3 Å². The molecule has 1 aliphatic rings. The summed E-state index contributed by atoms with van der Waals surface area (Å²) in [6, 6.07) is 5.28.